The molecule has 0 saturated carbocycles. The SMILES string of the molecule is CCOC(=O)C1=C(C)NC2=C(C(=O)CC(C)(C)C2)C1c1cc(Br)c(O)c(OCC)c1. The van der Waals surface area contributed by atoms with Crippen LogP contribution < -0.4 is 10.1 Å². The Kier molecular flexibility index (Phi) is 6.32. The van der Waals surface area contributed by atoms with Crippen molar-refractivity contribution in [2.75, 3.05) is 13.2 Å². The molecule has 0 radical (unpaired) electrons. The van der Waals surface area contributed by atoms with Crippen molar-refractivity contribution in [1.82, 2.24) is 5.32 Å². The van der Waals surface area contributed by atoms with Crippen LogP contribution in [0.15, 0.2) is 39.1 Å². The second-order valence-corrected chi connectivity index (χ2v) is 9.29. The number of esters is 1. The van der Waals surface area contributed by atoms with Crippen molar-refractivity contribution in [3.8, 4) is 11.5 Å². The molecule has 162 valence electrons. The Morgan fingerprint density at radius 2 is 1.97 bits per heavy atom. The van der Waals surface area contributed by atoms with E-state index in [-0.39, 0.29) is 23.6 Å². The van der Waals surface area contributed by atoms with Crippen molar-refractivity contribution >= 4 is 27.7 Å². The Hall–Kier alpha value is -2.28. The van der Waals surface area contributed by atoms with Gasteiger partial charge >= 0.3 is 5.97 Å². The van der Waals surface area contributed by atoms with Crippen molar-refractivity contribution < 1.29 is 24.2 Å². The lowest BCUT2D eigenvalue weighted by Crippen LogP contribution is -2.38. The van der Waals surface area contributed by atoms with Gasteiger partial charge in [-0.25, -0.2) is 4.79 Å². The lowest BCUT2D eigenvalue weighted by Gasteiger charge is -2.39. The second-order valence-electron chi connectivity index (χ2n) is 8.43. The van der Waals surface area contributed by atoms with Gasteiger partial charge in [0.1, 0.15) is 0 Å². The molecule has 30 heavy (non-hydrogen) atoms. The van der Waals surface area contributed by atoms with E-state index < -0.39 is 11.9 Å². The largest absolute Gasteiger partial charge is 0.503 e. The first-order valence-electron chi connectivity index (χ1n) is 10.2. The van der Waals surface area contributed by atoms with E-state index in [9.17, 15) is 14.7 Å². The first kappa shape index (κ1) is 22.4. The van der Waals surface area contributed by atoms with E-state index in [1.54, 1.807) is 19.1 Å². The summed E-state index contributed by atoms with van der Waals surface area (Å²) in [7, 11) is 0. The average molecular weight is 478 g/mol. The maximum atomic E-state index is 13.3. The summed E-state index contributed by atoms with van der Waals surface area (Å²) < 4.78 is 11.4. The molecule has 6 nitrogen and oxygen atoms in total. The number of phenolic OH excluding ortho intramolecular Hbond substituents is 1. The van der Waals surface area contributed by atoms with Crippen molar-refractivity contribution in [3.63, 3.8) is 0 Å². The Balaban J connectivity index is 2.24. The van der Waals surface area contributed by atoms with Crippen molar-refractivity contribution in [3.05, 3.63) is 44.7 Å². The highest BCUT2D eigenvalue weighted by molar-refractivity contribution is 9.10. The Morgan fingerprint density at radius 1 is 1.27 bits per heavy atom. The molecule has 0 spiro atoms. The molecule has 3 rings (SSSR count). The number of hydrogen-bond acceptors (Lipinski definition) is 6. The third kappa shape index (κ3) is 4.13. The molecule has 1 aromatic carbocycles. The van der Waals surface area contributed by atoms with Gasteiger partial charge in [0.25, 0.3) is 0 Å². The van der Waals surface area contributed by atoms with E-state index >= 15 is 0 Å². The van der Waals surface area contributed by atoms with Crippen LogP contribution in [0.3, 0.4) is 0 Å². The molecule has 2 aliphatic rings. The van der Waals surface area contributed by atoms with E-state index in [1.807, 2.05) is 13.8 Å². The quantitative estimate of drug-likeness (QED) is 0.596. The van der Waals surface area contributed by atoms with Crippen LogP contribution in [0.25, 0.3) is 0 Å². The summed E-state index contributed by atoms with van der Waals surface area (Å²) in [6.45, 7) is 10.1. The van der Waals surface area contributed by atoms with Gasteiger partial charge in [-0.05, 0) is 66.2 Å². The summed E-state index contributed by atoms with van der Waals surface area (Å²) in [6, 6.07) is 3.43. The van der Waals surface area contributed by atoms with Gasteiger partial charge in [-0.1, -0.05) is 13.8 Å². The zero-order chi connectivity index (χ0) is 22.2. The summed E-state index contributed by atoms with van der Waals surface area (Å²) in [5, 5.41) is 13.7. The highest BCUT2D eigenvalue weighted by atomic mass is 79.9. The molecular formula is C23H28BrNO5. The van der Waals surface area contributed by atoms with Crippen LogP contribution >= 0.6 is 15.9 Å². The topological polar surface area (TPSA) is 84.9 Å². The van der Waals surface area contributed by atoms with Gasteiger partial charge in [-0.3, -0.25) is 4.79 Å². The van der Waals surface area contributed by atoms with Crippen LogP contribution in [0, 0.1) is 5.41 Å². The van der Waals surface area contributed by atoms with Gasteiger partial charge in [0.15, 0.2) is 17.3 Å². The van der Waals surface area contributed by atoms with E-state index in [0.29, 0.717) is 52.1 Å². The minimum Gasteiger partial charge on any atom is -0.503 e. The Bertz CT molecular complexity index is 961. The number of carbonyl (C=O) groups is 2. The first-order chi connectivity index (χ1) is 14.1. The number of dihydropyridines is 1. The minimum atomic E-state index is -0.597. The highest BCUT2D eigenvalue weighted by Gasteiger charge is 2.43. The number of phenols is 1. The smallest absolute Gasteiger partial charge is 0.336 e. The molecule has 0 fully saturated rings. The number of allylic oxidation sites excluding steroid dienone is 3. The zero-order valence-corrected chi connectivity index (χ0v) is 19.6. The van der Waals surface area contributed by atoms with Crippen molar-refractivity contribution in [2.24, 2.45) is 5.41 Å². The molecule has 0 aromatic heterocycles. The molecule has 1 aliphatic carbocycles. The third-order valence-electron chi connectivity index (χ3n) is 5.42. The highest BCUT2D eigenvalue weighted by Crippen LogP contribution is 2.49. The van der Waals surface area contributed by atoms with Gasteiger partial charge in [-0.2, -0.15) is 0 Å². The van der Waals surface area contributed by atoms with Crippen LogP contribution in [0.2, 0.25) is 0 Å². The number of nitrogens with one attached hydrogen (secondary N) is 1. The summed E-state index contributed by atoms with van der Waals surface area (Å²) >= 11 is 3.38. The molecule has 1 aliphatic heterocycles. The summed E-state index contributed by atoms with van der Waals surface area (Å²) in [6.07, 6.45) is 1.10. The molecule has 0 saturated heterocycles. The fourth-order valence-electron chi connectivity index (χ4n) is 4.27. The molecule has 7 heteroatoms. The maximum absolute atomic E-state index is 13.3. The number of benzene rings is 1. The van der Waals surface area contributed by atoms with Crippen molar-refractivity contribution in [1.29, 1.82) is 0 Å². The van der Waals surface area contributed by atoms with E-state index in [4.69, 9.17) is 9.47 Å². The Labute approximate surface area is 185 Å². The number of ether oxygens (including phenoxy) is 2. The number of Topliss-reactive ketones (excluding diaryl/α,β-unsaturated/α-hetero) is 1. The number of carbonyl (C=O) groups excluding carboxylic acids is 2. The zero-order valence-electron chi connectivity index (χ0n) is 18.0. The number of hydrogen-bond donors (Lipinski definition) is 2. The van der Waals surface area contributed by atoms with Gasteiger partial charge < -0.3 is 19.9 Å². The lowest BCUT2D eigenvalue weighted by atomic mass is 9.68. The van der Waals surface area contributed by atoms with Crippen LogP contribution in [-0.4, -0.2) is 30.1 Å². The predicted molar refractivity (Wildman–Crippen MR) is 117 cm³/mol. The molecule has 0 amide bonds. The van der Waals surface area contributed by atoms with Gasteiger partial charge in [0.05, 0.1) is 23.3 Å². The van der Waals surface area contributed by atoms with Crippen LogP contribution in [0.5, 0.6) is 11.5 Å². The van der Waals surface area contributed by atoms with Crippen LogP contribution in [-0.2, 0) is 14.3 Å². The first-order valence-corrected chi connectivity index (χ1v) is 10.9. The van der Waals surface area contributed by atoms with Crippen molar-refractivity contribution in [2.45, 2.75) is 53.4 Å². The number of ketones is 1. The fourth-order valence-corrected chi connectivity index (χ4v) is 4.73. The van der Waals surface area contributed by atoms with Gasteiger partial charge in [0, 0.05) is 29.3 Å². The molecule has 1 atom stereocenters. The standard InChI is InChI=1S/C23H28BrNO5/c1-6-29-17-9-13(8-14(24)21(17)27)19-18(22(28)30-7-2)12(3)25-15-10-23(4,5)11-16(26)20(15)19/h8-9,19,25,27H,6-7,10-11H2,1-5H3. The monoisotopic (exact) mass is 477 g/mol. The summed E-state index contributed by atoms with van der Waals surface area (Å²) in [5.41, 5.74) is 3.03. The number of aromatic hydroxyl groups is 1. The molecule has 1 aromatic rings. The third-order valence-corrected chi connectivity index (χ3v) is 6.02. The van der Waals surface area contributed by atoms with Gasteiger partial charge in [-0.15, -0.1) is 0 Å². The molecule has 1 heterocycles. The van der Waals surface area contributed by atoms with E-state index in [1.165, 1.54) is 0 Å². The fraction of sp³-hybridized carbons (Fsp3) is 0.478. The summed E-state index contributed by atoms with van der Waals surface area (Å²) in [5.74, 6) is -0.765. The normalized spacial score (nSPS) is 20.6. The molecule has 2 N–H and O–H groups in total. The van der Waals surface area contributed by atoms with E-state index in [0.717, 1.165) is 5.70 Å². The molecular weight excluding hydrogens is 450 g/mol. The number of halogens is 1. The lowest BCUT2D eigenvalue weighted by molar-refractivity contribution is -0.138. The summed E-state index contributed by atoms with van der Waals surface area (Å²) in [4.78, 5) is 26.2. The minimum absolute atomic E-state index is 0.00945. The Morgan fingerprint density at radius 3 is 2.60 bits per heavy atom. The van der Waals surface area contributed by atoms with Crippen LogP contribution in [0.1, 0.15) is 58.9 Å². The number of rotatable bonds is 5. The predicted octanol–water partition coefficient (Wildman–Crippen LogP) is 4.72. The maximum Gasteiger partial charge on any atom is 0.336 e. The van der Waals surface area contributed by atoms with Crippen LogP contribution in [0.4, 0.5) is 0 Å². The second kappa shape index (κ2) is 8.46. The average Bonchev–Trinajstić information content (AvgIpc) is 2.63. The van der Waals surface area contributed by atoms with Gasteiger partial charge in [0.2, 0.25) is 0 Å². The van der Waals surface area contributed by atoms with E-state index in [2.05, 4.69) is 35.1 Å². The molecule has 0 bridgehead atoms. The molecule has 1 unspecified atom stereocenters.